The molecule has 0 spiro atoms. The van der Waals surface area contributed by atoms with E-state index in [1.54, 1.807) is 12.3 Å². The lowest BCUT2D eigenvalue weighted by molar-refractivity contribution is 0.598. The van der Waals surface area contributed by atoms with Gasteiger partial charge in [-0.1, -0.05) is 0 Å². The van der Waals surface area contributed by atoms with Crippen LogP contribution in [0.25, 0.3) is 4.96 Å². The summed E-state index contributed by atoms with van der Waals surface area (Å²) in [7, 11) is -4.02. The zero-order valence-electron chi connectivity index (χ0n) is 12.2. The summed E-state index contributed by atoms with van der Waals surface area (Å²) in [6.45, 7) is 3.02. The van der Waals surface area contributed by atoms with Crippen LogP contribution >= 0.6 is 11.3 Å². The van der Waals surface area contributed by atoms with Crippen molar-refractivity contribution in [2.75, 3.05) is 4.72 Å². The molecule has 0 fully saturated rings. The van der Waals surface area contributed by atoms with Gasteiger partial charge in [-0.15, -0.1) is 11.3 Å². The van der Waals surface area contributed by atoms with Gasteiger partial charge in [-0.2, -0.15) is 0 Å². The number of halogens is 1. The summed E-state index contributed by atoms with van der Waals surface area (Å²) in [5.74, 6) is -0.499. The molecule has 0 radical (unpaired) electrons. The number of sulfonamides is 1. The van der Waals surface area contributed by atoms with Crippen molar-refractivity contribution < 1.29 is 12.8 Å². The molecular formula is C14H12FN3O3S2. The van der Waals surface area contributed by atoms with E-state index in [9.17, 15) is 17.6 Å². The monoisotopic (exact) mass is 353 g/mol. The van der Waals surface area contributed by atoms with Crippen LogP contribution in [0, 0.1) is 19.7 Å². The molecule has 1 aromatic carbocycles. The van der Waals surface area contributed by atoms with Gasteiger partial charge in [0.25, 0.3) is 15.6 Å². The predicted molar refractivity (Wildman–Crippen MR) is 86.0 cm³/mol. The maximum absolute atomic E-state index is 13.3. The summed E-state index contributed by atoms with van der Waals surface area (Å²) < 4.78 is 41.7. The summed E-state index contributed by atoms with van der Waals surface area (Å²) in [5, 5.41) is 1.69. The van der Waals surface area contributed by atoms with Crippen molar-refractivity contribution in [2.45, 2.75) is 18.7 Å². The van der Waals surface area contributed by atoms with Crippen LogP contribution in [0.5, 0.6) is 0 Å². The van der Waals surface area contributed by atoms with Crippen LogP contribution in [-0.4, -0.2) is 17.8 Å². The Morgan fingerprint density at radius 2 is 2.04 bits per heavy atom. The molecule has 6 nitrogen and oxygen atoms in total. The largest absolute Gasteiger partial charge is 0.283 e. The van der Waals surface area contributed by atoms with Gasteiger partial charge in [0.1, 0.15) is 11.5 Å². The van der Waals surface area contributed by atoms with Crippen molar-refractivity contribution in [1.29, 1.82) is 0 Å². The zero-order chi connectivity index (χ0) is 16.8. The molecule has 23 heavy (non-hydrogen) atoms. The van der Waals surface area contributed by atoms with E-state index >= 15 is 0 Å². The molecule has 1 N–H and O–H groups in total. The molecule has 0 bridgehead atoms. The topological polar surface area (TPSA) is 80.5 Å². The highest BCUT2D eigenvalue weighted by atomic mass is 32.2. The Kier molecular flexibility index (Phi) is 3.69. The van der Waals surface area contributed by atoms with Gasteiger partial charge in [0, 0.05) is 11.6 Å². The first-order valence-electron chi connectivity index (χ1n) is 6.55. The van der Waals surface area contributed by atoms with Crippen LogP contribution in [0.2, 0.25) is 0 Å². The standard InChI is InChI=1S/C14H12FN3O3S2/c1-8-7-10(3-4-11(8)15)23(20,21)17-12-9(2)16-14-18(13(12)19)5-6-22-14/h3-7,17H,1-2H3. The van der Waals surface area contributed by atoms with Crippen molar-refractivity contribution in [2.24, 2.45) is 0 Å². The molecule has 2 aromatic heterocycles. The van der Waals surface area contributed by atoms with Crippen molar-refractivity contribution in [3.8, 4) is 0 Å². The number of aryl methyl sites for hydroxylation is 2. The normalized spacial score (nSPS) is 11.8. The Morgan fingerprint density at radius 1 is 1.30 bits per heavy atom. The third-order valence-corrected chi connectivity index (χ3v) is 5.43. The van der Waals surface area contributed by atoms with Gasteiger partial charge in [0.2, 0.25) is 0 Å². The third kappa shape index (κ3) is 2.73. The van der Waals surface area contributed by atoms with Crippen LogP contribution in [0.1, 0.15) is 11.3 Å². The smallest absolute Gasteiger partial charge is 0.273 e. The number of aromatic nitrogens is 2. The maximum atomic E-state index is 13.3. The maximum Gasteiger partial charge on any atom is 0.283 e. The number of thiazole rings is 1. The van der Waals surface area contributed by atoms with E-state index < -0.39 is 21.4 Å². The summed E-state index contributed by atoms with van der Waals surface area (Å²) >= 11 is 1.28. The van der Waals surface area contributed by atoms with Crippen molar-refractivity contribution >= 4 is 32.0 Å². The van der Waals surface area contributed by atoms with E-state index in [-0.39, 0.29) is 21.8 Å². The van der Waals surface area contributed by atoms with E-state index in [1.165, 1.54) is 34.9 Å². The molecule has 3 aromatic rings. The summed E-state index contributed by atoms with van der Waals surface area (Å²) in [6.07, 6.45) is 1.52. The highest BCUT2D eigenvalue weighted by molar-refractivity contribution is 7.92. The Balaban J connectivity index is 2.10. The number of benzene rings is 1. The number of nitrogens with one attached hydrogen (secondary N) is 1. The summed E-state index contributed by atoms with van der Waals surface area (Å²) in [6, 6.07) is 3.43. The molecule has 0 saturated heterocycles. The molecule has 120 valence electrons. The van der Waals surface area contributed by atoms with Crippen LogP contribution in [0.4, 0.5) is 10.1 Å². The van der Waals surface area contributed by atoms with Crippen molar-refractivity contribution in [3.63, 3.8) is 0 Å². The quantitative estimate of drug-likeness (QED) is 0.783. The van der Waals surface area contributed by atoms with Crippen LogP contribution in [0.3, 0.4) is 0 Å². The highest BCUT2D eigenvalue weighted by Gasteiger charge is 2.20. The lowest BCUT2D eigenvalue weighted by Gasteiger charge is -2.10. The first-order chi connectivity index (χ1) is 10.8. The van der Waals surface area contributed by atoms with Gasteiger partial charge in [-0.25, -0.2) is 17.8 Å². The molecule has 0 amide bonds. The fourth-order valence-electron chi connectivity index (χ4n) is 2.08. The molecule has 3 rings (SSSR count). The van der Waals surface area contributed by atoms with Gasteiger partial charge in [0.05, 0.1) is 10.6 Å². The lowest BCUT2D eigenvalue weighted by Crippen LogP contribution is -2.24. The second-order valence-electron chi connectivity index (χ2n) is 4.95. The van der Waals surface area contributed by atoms with Gasteiger partial charge < -0.3 is 0 Å². The minimum absolute atomic E-state index is 0.120. The lowest BCUT2D eigenvalue weighted by atomic mass is 10.2. The van der Waals surface area contributed by atoms with E-state index in [4.69, 9.17) is 0 Å². The number of fused-ring (bicyclic) bond motifs is 1. The molecular weight excluding hydrogens is 341 g/mol. The molecule has 2 heterocycles. The number of anilines is 1. The van der Waals surface area contributed by atoms with Crippen molar-refractivity contribution in [1.82, 2.24) is 9.38 Å². The SMILES string of the molecule is Cc1cc(S(=O)(=O)Nc2c(C)nc3sccn3c2=O)ccc1F. The predicted octanol–water partition coefficient (Wildman–Crippen LogP) is 2.31. The average Bonchev–Trinajstić information content (AvgIpc) is 2.94. The Hall–Kier alpha value is -2.26. The van der Waals surface area contributed by atoms with Crippen LogP contribution in [0.15, 0.2) is 39.5 Å². The van der Waals surface area contributed by atoms with Gasteiger partial charge >= 0.3 is 0 Å². The minimum atomic E-state index is -4.02. The Labute approximate surface area is 135 Å². The van der Waals surface area contributed by atoms with E-state index in [1.807, 2.05) is 0 Å². The van der Waals surface area contributed by atoms with Gasteiger partial charge in [0.15, 0.2) is 4.96 Å². The number of hydrogen-bond donors (Lipinski definition) is 1. The molecule has 0 unspecified atom stereocenters. The first kappa shape index (κ1) is 15.6. The Morgan fingerprint density at radius 3 is 2.74 bits per heavy atom. The van der Waals surface area contributed by atoms with Crippen LogP contribution in [-0.2, 0) is 10.0 Å². The summed E-state index contributed by atoms with van der Waals surface area (Å²) in [4.78, 5) is 16.9. The Bertz CT molecular complexity index is 1070. The second kappa shape index (κ2) is 5.43. The zero-order valence-corrected chi connectivity index (χ0v) is 13.8. The molecule has 0 aliphatic carbocycles. The van der Waals surface area contributed by atoms with E-state index in [2.05, 4.69) is 9.71 Å². The van der Waals surface area contributed by atoms with Gasteiger partial charge in [-0.3, -0.25) is 13.9 Å². The van der Waals surface area contributed by atoms with Crippen molar-refractivity contribution in [3.05, 3.63) is 57.2 Å². The first-order valence-corrected chi connectivity index (χ1v) is 8.91. The summed E-state index contributed by atoms with van der Waals surface area (Å²) in [5.41, 5.74) is -0.147. The fraction of sp³-hybridized carbons (Fsp3) is 0.143. The highest BCUT2D eigenvalue weighted by Crippen LogP contribution is 2.19. The van der Waals surface area contributed by atoms with Crippen LogP contribution < -0.4 is 10.3 Å². The second-order valence-corrected chi connectivity index (χ2v) is 7.50. The minimum Gasteiger partial charge on any atom is -0.273 e. The number of nitrogens with zero attached hydrogens (tertiary/aromatic N) is 2. The van der Waals surface area contributed by atoms with E-state index in [0.717, 1.165) is 12.1 Å². The molecule has 0 saturated carbocycles. The number of rotatable bonds is 3. The molecule has 0 atom stereocenters. The molecule has 9 heteroatoms. The van der Waals surface area contributed by atoms with E-state index in [0.29, 0.717) is 4.96 Å². The third-order valence-electron chi connectivity index (χ3n) is 3.32. The fourth-order valence-corrected chi connectivity index (χ4v) is 4.03. The molecule has 0 aliphatic rings. The number of hydrogen-bond acceptors (Lipinski definition) is 5. The average molecular weight is 353 g/mol. The molecule has 0 aliphatic heterocycles. The van der Waals surface area contributed by atoms with Gasteiger partial charge in [-0.05, 0) is 37.6 Å².